The summed E-state index contributed by atoms with van der Waals surface area (Å²) < 4.78 is 6.23. The first-order chi connectivity index (χ1) is 12.8. The molecule has 2 heterocycles. The van der Waals surface area contributed by atoms with Crippen molar-refractivity contribution in [2.45, 2.75) is 57.1 Å². The number of fused-ring (bicyclic) bond motifs is 1. The molecule has 1 aromatic carbocycles. The number of rotatable bonds is 3. The van der Waals surface area contributed by atoms with Crippen LogP contribution >= 0.6 is 0 Å². The van der Waals surface area contributed by atoms with Gasteiger partial charge in [-0.15, -0.1) is 0 Å². The monoisotopic (exact) mass is 353 g/mol. The van der Waals surface area contributed by atoms with Crippen molar-refractivity contribution in [3.05, 3.63) is 36.5 Å². The Labute approximate surface area is 154 Å². The van der Waals surface area contributed by atoms with Crippen LogP contribution in [-0.4, -0.2) is 41.2 Å². The fraction of sp³-hybridized carbons (Fsp3) is 0.524. The van der Waals surface area contributed by atoms with Crippen LogP contribution in [0.5, 0.6) is 5.75 Å². The van der Waals surface area contributed by atoms with E-state index in [2.05, 4.69) is 10.3 Å². The lowest BCUT2D eigenvalue weighted by Gasteiger charge is -2.34. The van der Waals surface area contributed by atoms with Gasteiger partial charge in [-0.05, 0) is 25.0 Å². The first-order valence-electron chi connectivity index (χ1n) is 9.85. The number of ether oxygens (including phenoxy) is 1. The first-order valence-corrected chi connectivity index (χ1v) is 9.85. The molecule has 0 atom stereocenters. The Bertz CT molecular complexity index is 745. The van der Waals surface area contributed by atoms with Crippen molar-refractivity contribution in [1.82, 2.24) is 15.2 Å². The average Bonchev–Trinajstić information content (AvgIpc) is 2.70. The lowest BCUT2D eigenvalue weighted by molar-refractivity contribution is 0.110. The number of nitrogens with zero attached hydrogens (tertiary/aromatic N) is 2. The molecule has 1 saturated heterocycles. The summed E-state index contributed by atoms with van der Waals surface area (Å²) in [6, 6.07) is 10.5. The van der Waals surface area contributed by atoms with E-state index in [4.69, 9.17) is 4.74 Å². The fourth-order valence-electron chi connectivity index (χ4n) is 4.04. The highest BCUT2D eigenvalue weighted by Gasteiger charge is 2.26. The van der Waals surface area contributed by atoms with Crippen molar-refractivity contribution < 1.29 is 9.53 Å². The normalized spacial score (nSPS) is 19.5. The fourth-order valence-corrected chi connectivity index (χ4v) is 4.04. The molecule has 2 fully saturated rings. The van der Waals surface area contributed by atoms with Gasteiger partial charge in [0.25, 0.3) is 0 Å². The van der Waals surface area contributed by atoms with Gasteiger partial charge >= 0.3 is 6.03 Å². The second-order valence-corrected chi connectivity index (χ2v) is 7.42. The van der Waals surface area contributed by atoms with Gasteiger partial charge in [-0.1, -0.05) is 37.5 Å². The number of aromatic nitrogens is 1. The molecular formula is C21H27N3O2. The predicted molar refractivity (Wildman–Crippen MR) is 102 cm³/mol. The van der Waals surface area contributed by atoms with Crippen molar-refractivity contribution in [3.63, 3.8) is 0 Å². The standard InChI is InChI=1S/C21H27N3O2/c25-21(23-17-8-2-1-3-9-17)24-14-11-18(12-15-24)26-19-10-4-6-16-7-5-13-22-20(16)19/h4-7,10,13,17-18H,1-3,8-9,11-12,14-15H2,(H,23,25). The maximum Gasteiger partial charge on any atom is 0.317 e. The largest absolute Gasteiger partial charge is 0.488 e. The van der Waals surface area contributed by atoms with Crippen LogP contribution in [-0.2, 0) is 0 Å². The summed E-state index contributed by atoms with van der Waals surface area (Å²) in [6.07, 6.45) is 9.69. The van der Waals surface area contributed by atoms with Gasteiger partial charge in [0.2, 0.25) is 0 Å². The lowest BCUT2D eigenvalue weighted by atomic mass is 9.96. The van der Waals surface area contributed by atoms with Crippen LogP contribution < -0.4 is 10.1 Å². The Morgan fingerprint density at radius 1 is 1.04 bits per heavy atom. The van der Waals surface area contributed by atoms with E-state index in [-0.39, 0.29) is 12.1 Å². The van der Waals surface area contributed by atoms with Crippen molar-refractivity contribution in [3.8, 4) is 5.75 Å². The van der Waals surface area contributed by atoms with Crippen molar-refractivity contribution in [1.29, 1.82) is 0 Å². The van der Waals surface area contributed by atoms with E-state index >= 15 is 0 Å². The van der Waals surface area contributed by atoms with E-state index in [0.29, 0.717) is 6.04 Å². The Morgan fingerprint density at radius 3 is 2.62 bits per heavy atom. The number of piperidine rings is 1. The molecule has 1 aliphatic carbocycles. The summed E-state index contributed by atoms with van der Waals surface area (Å²) in [5.41, 5.74) is 0.910. The second kappa shape index (κ2) is 7.94. The molecule has 5 nitrogen and oxygen atoms in total. The van der Waals surface area contributed by atoms with E-state index in [1.807, 2.05) is 35.2 Å². The molecule has 0 unspecified atom stereocenters. The predicted octanol–water partition coefficient (Wildman–Crippen LogP) is 4.12. The van der Waals surface area contributed by atoms with Gasteiger partial charge in [-0.25, -0.2) is 4.79 Å². The second-order valence-electron chi connectivity index (χ2n) is 7.42. The van der Waals surface area contributed by atoms with Crippen LogP contribution in [0, 0.1) is 0 Å². The molecule has 4 rings (SSSR count). The molecule has 2 aromatic rings. The summed E-state index contributed by atoms with van der Waals surface area (Å²) in [4.78, 5) is 18.9. The average molecular weight is 353 g/mol. The van der Waals surface area contributed by atoms with E-state index < -0.39 is 0 Å². The minimum absolute atomic E-state index is 0.0992. The summed E-state index contributed by atoms with van der Waals surface area (Å²) in [7, 11) is 0. The number of hydrogen-bond donors (Lipinski definition) is 1. The maximum absolute atomic E-state index is 12.5. The summed E-state index contributed by atoms with van der Waals surface area (Å²) in [5.74, 6) is 0.841. The van der Waals surface area contributed by atoms with E-state index in [1.54, 1.807) is 6.20 Å². The van der Waals surface area contributed by atoms with Crippen LogP contribution in [0.15, 0.2) is 36.5 Å². The van der Waals surface area contributed by atoms with Crippen molar-refractivity contribution in [2.24, 2.45) is 0 Å². The third kappa shape index (κ3) is 3.92. The topological polar surface area (TPSA) is 54.5 Å². The molecule has 5 heteroatoms. The number of benzene rings is 1. The quantitative estimate of drug-likeness (QED) is 0.903. The van der Waals surface area contributed by atoms with Crippen molar-refractivity contribution >= 4 is 16.9 Å². The van der Waals surface area contributed by atoms with E-state index in [9.17, 15) is 4.79 Å². The molecule has 2 aliphatic rings. The zero-order chi connectivity index (χ0) is 17.8. The number of para-hydroxylation sites is 1. The summed E-state index contributed by atoms with van der Waals surface area (Å²) in [6.45, 7) is 1.50. The molecule has 1 aliphatic heterocycles. The van der Waals surface area contributed by atoms with Crippen LogP contribution in [0.1, 0.15) is 44.9 Å². The van der Waals surface area contributed by atoms with Crippen LogP contribution in [0.25, 0.3) is 10.9 Å². The number of pyridine rings is 1. The highest BCUT2D eigenvalue weighted by Crippen LogP contribution is 2.26. The lowest BCUT2D eigenvalue weighted by Crippen LogP contribution is -2.49. The molecule has 0 radical (unpaired) electrons. The molecule has 138 valence electrons. The SMILES string of the molecule is O=C(NC1CCCCC1)N1CCC(Oc2cccc3cccnc23)CC1. The van der Waals surface area contributed by atoms with Crippen molar-refractivity contribution in [2.75, 3.05) is 13.1 Å². The van der Waals surface area contributed by atoms with Crippen LogP contribution in [0.4, 0.5) is 4.79 Å². The molecular weight excluding hydrogens is 326 g/mol. The Balaban J connectivity index is 1.31. The highest BCUT2D eigenvalue weighted by atomic mass is 16.5. The van der Waals surface area contributed by atoms with Crippen LogP contribution in [0.2, 0.25) is 0 Å². The number of carbonyl (C=O) groups is 1. The zero-order valence-corrected chi connectivity index (χ0v) is 15.2. The Morgan fingerprint density at radius 2 is 1.81 bits per heavy atom. The Kier molecular flexibility index (Phi) is 5.23. The first kappa shape index (κ1) is 17.1. The minimum atomic E-state index is 0.0992. The van der Waals surface area contributed by atoms with Gasteiger partial charge in [-0.3, -0.25) is 4.98 Å². The number of amides is 2. The number of urea groups is 1. The highest BCUT2D eigenvalue weighted by molar-refractivity contribution is 5.84. The zero-order valence-electron chi connectivity index (χ0n) is 15.2. The number of carbonyl (C=O) groups excluding carboxylic acids is 1. The van der Waals surface area contributed by atoms with Gasteiger partial charge in [0.05, 0.1) is 0 Å². The molecule has 0 spiro atoms. The molecule has 2 amide bonds. The van der Waals surface area contributed by atoms with Gasteiger partial charge in [0, 0.05) is 43.6 Å². The van der Waals surface area contributed by atoms with Gasteiger partial charge in [0.1, 0.15) is 17.4 Å². The van der Waals surface area contributed by atoms with E-state index in [1.165, 1.54) is 19.3 Å². The summed E-state index contributed by atoms with van der Waals surface area (Å²) >= 11 is 0. The van der Waals surface area contributed by atoms with Gasteiger partial charge in [-0.2, -0.15) is 0 Å². The molecule has 1 N–H and O–H groups in total. The van der Waals surface area contributed by atoms with Gasteiger partial charge in [0.15, 0.2) is 0 Å². The molecule has 1 saturated carbocycles. The summed E-state index contributed by atoms with van der Waals surface area (Å²) in [5, 5.41) is 4.31. The molecule has 1 aromatic heterocycles. The number of likely N-dealkylation sites (tertiary alicyclic amines) is 1. The minimum Gasteiger partial charge on any atom is -0.488 e. The van der Waals surface area contributed by atoms with Crippen LogP contribution in [0.3, 0.4) is 0 Å². The smallest absolute Gasteiger partial charge is 0.317 e. The van der Waals surface area contributed by atoms with E-state index in [0.717, 1.165) is 55.4 Å². The third-order valence-corrected chi connectivity index (χ3v) is 5.55. The number of nitrogens with one attached hydrogen (secondary N) is 1. The van der Waals surface area contributed by atoms with Gasteiger partial charge < -0.3 is 15.0 Å². The molecule has 0 bridgehead atoms. The maximum atomic E-state index is 12.5. The molecule has 26 heavy (non-hydrogen) atoms. The Hall–Kier alpha value is -2.30. The third-order valence-electron chi connectivity index (χ3n) is 5.55. The number of hydrogen-bond acceptors (Lipinski definition) is 3.